The molecule has 0 amide bonds. The number of anilines is 1. The normalized spacial score (nSPS) is 11.1. The second kappa shape index (κ2) is 8.07. The molecule has 0 aliphatic rings. The van der Waals surface area contributed by atoms with Crippen LogP contribution in [0.5, 0.6) is 0 Å². The van der Waals surface area contributed by atoms with Gasteiger partial charge in [-0.25, -0.2) is 9.78 Å². The highest BCUT2D eigenvalue weighted by Gasteiger charge is 2.12. The quantitative estimate of drug-likeness (QED) is 0.723. The van der Waals surface area contributed by atoms with Crippen molar-refractivity contribution < 1.29 is 9.90 Å². The molecule has 2 N–H and O–H groups in total. The molecule has 1 aromatic heterocycles. The van der Waals surface area contributed by atoms with E-state index >= 15 is 0 Å². The number of aromatic nitrogens is 1. The van der Waals surface area contributed by atoms with E-state index in [4.69, 9.17) is 16.7 Å². The molecule has 6 heteroatoms. The number of halogens is 1. The summed E-state index contributed by atoms with van der Waals surface area (Å²) in [6.45, 7) is 6.09. The van der Waals surface area contributed by atoms with Gasteiger partial charge in [0.1, 0.15) is 5.82 Å². The number of carboxylic acids is 1. The number of aromatic carboxylic acids is 1. The smallest absolute Gasteiger partial charge is 0.337 e. The Kier molecular flexibility index (Phi) is 6.75. The van der Waals surface area contributed by atoms with Crippen molar-refractivity contribution in [3.05, 3.63) is 22.8 Å². The van der Waals surface area contributed by atoms with Crippen LogP contribution in [-0.2, 0) is 0 Å². The molecule has 0 aromatic carbocycles. The third-order valence-electron chi connectivity index (χ3n) is 3.23. The van der Waals surface area contributed by atoms with Gasteiger partial charge < -0.3 is 15.3 Å². The molecule has 0 unspecified atom stereocenters. The molecule has 0 aliphatic heterocycles. The number of unbranched alkanes of at least 4 members (excludes halogenated alkanes) is 1. The highest BCUT2D eigenvalue weighted by atomic mass is 35.5. The van der Waals surface area contributed by atoms with Gasteiger partial charge in [0.25, 0.3) is 0 Å². The van der Waals surface area contributed by atoms with Crippen molar-refractivity contribution in [3.63, 3.8) is 0 Å². The summed E-state index contributed by atoms with van der Waals surface area (Å²) in [5, 5.41) is 12.2. The summed E-state index contributed by atoms with van der Waals surface area (Å²) in [4.78, 5) is 17.3. The van der Waals surface area contributed by atoms with Crippen LogP contribution in [0.1, 0.15) is 37.0 Å². The van der Waals surface area contributed by atoms with Gasteiger partial charge in [-0.3, -0.25) is 0 Å². The molecule has 5 nitrogen and oxygen atoms in total. The minimum atomic E-state index is -1.04. The lowest BCUT2D eigenvalue weighted by Gasteiger charge is -2.20. The molecule has 0 spiro atoms. The second-order valence-electron chi connectivity index (χ2n) is 5.03. The predicted molar refractivity (Wildman–Crippen MR) is 81.7 cm³/mol. The number of hydrogen-bond donors (Lipinski definition) is 2. The molecule has 1 rings (SSSR count). The summed E-state index contributed by atoms with van der Waals surface area (Å²) in [6.07, 6.45) is 3.49. The molecule has 0 saturated heterocycles. The van der Waals surface area contributed by atoms with Crippen molar-refractivity contribution >= 4 is 23.4 Å². The highest BCUT2D eigenvalue weighted by Crippen LogP contribution is 2.23. The van der Waals surface area contributed by atoms with Crippen molar-refractivity contribution in [1.82, 2.24) is 9.88 Å². The van der Waals surface area contributed by atoms with Gasteiger partial charge in [-0.1, -0.05) is 11.6 Å². The first kappa shape index (κ1) is 16.7. The van der Waals surface area contributed by atoms with Crippen LogP contribution in [0.25, 0.3) is 0 Å². The number of nitrogens with one attached hydrogen (secondary N) is 1. The monoisotopic (exact) mass is 299 g/mol. The number of carbonyl (C=O) groups is 1. The first-order valence-corrected chi connectivity index (χ1v) is 7.13. The van der Waals surface area contributed by atoms with E-state index in [1.807, 2.05) is 0 Å². The largest absolute Gasteiger partial charge is 0.478 e. The Labute approximate surface area is 125 Å². The van der Waals surface area contributed by atoms with Crippen LogP contribution < -0.4 is 5.32 Å². The van der Waals surface area contributed by atoms with Crippen molar-refractivity contribution in [2.45, 2.75) is 32.7 Å². The average molecular weight is 300 g/mol. The Bertz CT molecular complexity index is 452. The maximum atomic E-state index is 10.9. The topological polar surface area (TPSA) is 65.5 Å². The number of pyridine rings is 1. The van der Waals surface area contributed by atoms with Crippen LogP contribution in [0.2, 0.25) is 5.02 Å². The molecule has 0 bridgehead atoms. The first-order chi connectivity index (χ1) is 9.43. The number of hydrogen-bond acceptors (Lipinski definition) is 4. The fourth-order valence-corrected chi connectivity index (χ4v) is 1.94. The second-order valence-corrected chi connectivity index (χ2v) is 5.41. The van der Waals surface area contributed by atoms with E-state index in [9.17, 15) is 4.79 Å². The number of rotatable bonds is 8. The Hall–Kier alpha value is -1.33. The zero-order chi connectivity index (χ0) is 15.1. The van der Waals surface area contributed by atoms with Gasteiger partial charge in [-0.2, -0.15) is 0 Å². The van der Waals surface area contributed by atoms with Gasteiger partial charge in [-0.15, -0.1) is 0 Å². The Morgan fingerprint density at radius 2 is 2.20 bits per heavy atom. The van der Waals surface area contributed by atoms with Crippen LogP contribution in [0.3, 0.4) is 0 Å². The number of nitrogens with zero attached hydrogens (tertiary/aromatic N) is 2. The van der Waals surface area contributed by atoms with E-state index in [1.54, 1.807) is 0 Å². The van der Waals surface area contributed by atoms with Crippen molar-refractivity contribution in [2.75, 3.05) is 25.5 Å². The summed E-state index contributed by atoms with van der Waals surface area (Å²) >= 11 is 5.99. The molecular formula is C14H22ClN3O2. The lowest BCUT2D eigenvalue weighted by atomic mass is 10.2. The third kappa shape index (κ3) is 4.98. The van der Waals surface area contributed by atoms with Crippen molar-refractivity contribution in [1.29, 1.82) is 0 Å². The van der Waals surface area contributed by atoms with Crippen LogP contribution in [0.15, 0.2) is 12.3 Å². The first-order valence-electron chi connectivity index (χ1n) is 6.75. The fourth-order valence-electron chi connectivity index (χ4n) is 1.68. The molecule has 20 heavy (non-hydrogen) atoms. The van der Waals surface area contributed by atoms with E-state index in [-0.39, 0.29) is 10.6 Å². The van der Waals surface area contributed by atoms with E-state index in [0.29, 0.717) is 11.9 Å². The van der Waals surface area contributed by atoms with Crippen LogP contribution in [0.4, 0.5) is 5.82 Å². The standard InChI is InChI=1S/C14H22ClN3O2/c1-10(2)18(3)9-5-4-7-16-13-12(15)11(14(19)20)6-8-17-13/h6,8,10H,4-5,7,9H2,1-3H3,(H,16,17)(H,19,20). The molecular weight excluding hydrogens is 278 g/mol. The average Bonchev–Trinajstić information content (AvgIpc) is 2.39. The van der Waals surface area contributed by atoms with Crippen molar-refractivity contribution in [2.24, 2.45) is 0 Å². The lowest BCUT2D eigenvalue weighted by Crippen LogP contribution is -2.27. The SMILES string of the molecule is CC(C)N(C)CCCCNc1nccc(C(=O)O)c1Cl. The minimum absolute atomic E-state index is 0.0729. The molecule has 112 valence electrons. The zero-order valence-corrected chi connectivity index (χ0v) is 12.9. The maximum absolute atomic E-state index is 10.9. The Morgan fingerprint density at radius 3 is 2.80 bits per heavy atom. The fraction of sp³-hybridized carbons (Fsp3) is 0.571. The molecule has 0 aliphatic carbocycles. The maximum Gasteiger partial charge on any atom is 0.337 e. The van der Waals surface area contributed by atoms with Crippen LogP contribution in [0, 0.1) is 0 Å². The van der Waals surface area contributed by atoms with Crippen LogP contribution >= 0.6 is 11.6 Å². The molecule has 1 aromatic rings. The summed E-state index contributed by atoms with van der Waals surface area (Å²) < 4.78 is 0. The molecule has 0 fully saturated rings. The van der Waals surface area contributed by atoms with Crippen LogP contribution in [-0.4, -0.2) is 47.1 Å². The van der Waals surface area contributed by atoms with Gasteiger partial charge in [0, 0.05) is 18.8 Å². The Morgan fingerprint density at radius 1 is 1.50 bits per heavy atom. The van der Waals surface area contributed by atoms with E-state index in [1.165, 1.54) is 12.3 Å². The molecule has 0 radical (unpaired) electrons. The van der Waals surface area contributed by atoms with Gasteiger partial charge >= 0.3 is 5.97 Å². The molecule has 0 saturated carbocycles. The summed E-state index contributed by atoms with van der Waals surface area (Å²) in [6, 6.07) is 1.94. The van der Waals surface area contributed by atoms with Gasteiger partial charge in [0.2, 0.25) is 0 Å². The summed E-state index contributed by atoms with van der Waals surface area (Å²) in [5.41, 5.74) is 0.0729. The molecule has 1 heterocycles. The van der Waals surface area contributed by atoms with E-state index in [2.05, 4.69) is 36.1 Å². The lowest BCUT2D eigenvalue weighted by molar-refractivity contribution is 0.0697. The van der Waals surface area contributed by atoms with Gasteiger partial charge in [-0.05, 0) is 46.3 Å². The zero-order valence-electron chi connectivity index (χ0n) is 12.2. The minimum Gasteiger partial charge on any atom is -0.478 e. The van der Waals surface area contributed by atoms with E-state index in [0.717, 1.165) is 25.9 Å². The number of carboxylic acid groups (broad SMARTS) is 1. The third-order valence-corrected chi connectivity index (χ3v) is 3.61. The summed E-state index contributed by atoms with van der Waals surface area (Å²) in [7, 11) is 2.10. The van der Waals surface area contributed by atoms with E-state index < -0.39 is 5.97 Å². The highest BCUT2D eigenvalue weighted by molar-refractivity contribution is 6.35. The van der Waals surface area contributed by atoms with Gasteiger partial charge in [0.05, 0.1) is 10.6 Å². The predicted octanol–water partition coefficient (Wildman–Crippen LogP) is 2.97. The van der Waals surface area contributed by atoms with Gasteiger partial charge in [0.15, 0.2) is 0 Å². The summed E-state index contributed by atoms with van der Waals surface area (Å²) in [5.74, 6) is -0.609. The van der Waals surface area contributed by atoms with Crippen molar-refractivity contribution in [3.8, 4) is 0 Å². The Balaban J connectivity index is 2.40. The molecule has 0 atom stereocenters.